The molecule has 0 aromatic heterocycles. The van der Waals surface area contributed by atoms with Crippen LogP contribution in [0.4, 0.5) is 11.4 Å². The molecule has 2 rings (SSSR count). The van der Waals surface area contributed by atoms with Crippen molar-refractivity contribution in [3.63, 3.8) is 0 Å². The summed E-state index contributed by atoms with van der Waals surface area (Å²) >= 11 is 5.37. The Morgan fingerprint density at radius 3 is 2.40 bits per heavy atom. The van der Waals surface area contributed by atoms with Crippen molar-refractivity contribution in [2.45, 2.75) is 26.1 Å². The first kappa shape index (κ1) is 14.7. The molecule has 108 valence electrons. The number of nitrogens with one attached hydrogen (secondary N) is 1. The second-order valence-corrected chi connectivity index (χ2v) is 5.28. The van der Waals surface area contributed by atoms with Crippen LogP contribution in [0.15, 0.2) is 24.3 Å². The fraction of sp³-hybridized carbons (Fsp3) is 0.462. The molecule has 0 bridgehead atoms. The maximum absolute atomic E-state index is 10.6. The summed E-state index contributed by atoms with van der Waals surface area (Å²) in [6.45, 7) is 5.50. The van der Waals surface area contributed by atoms with Crippen molar-refractivity contribution in [2.75, 3.05) is 18.4 Å². The van der Waals surface area contributed by atoms with E-state index in [1.54, 1.807) is 12.1 Å². The van der Waals surface area contributed by atoms with Crippen LogP contribution in [0.3, 0.4) is 0 Å². The van der Waals surface area contributed by atoms with Gasteiger partial charge in [-0.3, -0.25) is 10.1 Å². The Labute approximate surface area is 122 Å². The molecule has 6 nitrogen and oxygen atoms in total. The number of ether oxygens (including phenoxy) is 1. The maximum atomic E-state index is 10.6. The summed E-state index contributed by atoms with van der Waals surface area (Å²) < 4.78 is 5.65. The van der Waals surface area contributed by atoms with Crippen molar-refractivity contribution in [1.29, 1.82) is 0 Å². The molecule has 0 radical (unpaired) electrons. The van der Waals surface area contributed by atoms with E-state index >= 15 is 0 Å². The molecule has 2 atom stereocenters. The maximum Gasteiger partial charge on any atom is 0.269 e. The number of thiocarbonyl (C=S) groups is 1. The molecule has 1 fully saturated rings. The molecule has 1 saturated heterocycles. The fourth-order valence-electron chi connectivity index (χ4n) is 2.21. The Balaban J connectivity index is 1.98. The van der Waals surface area contributed by atoms with Crippen molar-refractivity contribution < 1.29 is 9.66 Å². The molecule has 1 aliphatic heterocycles. The van der Waals surface area contributed by atoms with Gasteiger partial charge in [-0.05, 0) is 38.2 Å². The lowest BCUT2D eigenvalue weighted by Crippen LogP contribution is -2.49. The van der Waals surface area contributed by atoms with Gasteiger partial charge in [0.1, 0.15) is 0 Å². The average Bonchev–Trinajstić information content (AvgIpc) is 2.38. The van der Waals surface area contributed by atoms with E-state index < -0.39 is 4.92 Å². The number of nitro benzene ring substituents is 1. The summed E-state index contributed by atoms with van der Waals surface area (Å²) in [5.41, 5.74) is 0.808. The van der Waals surface area contributed by atoms with Gasteiger partial charge in [-0.1, -0.05) is 0 Å². The number of morpholine rings is 1. The van der Waals surface area contributed by atoms with Crippen LogP contribution >= 0.6 is 12.2 Å². The van der Waals surface area contributed by atoms with Gasteiger partial charge in [0.05, 0.1) is 17.1 Å². The monoisotopic (exact) mass is 295 g/mol. The fourth-order valence-corrected chi connectivity index (χ4v) is 2.48. The van der Waals surface area contributed by atoms with Gasteiger partial charge in [0.2, 0.25) is 0 Å². The number of rotatable bonds is 2. The zero-order valence-corrected chi connectivity index (χ0v) is 12.2. The third-order valence-corrected chi connectivity index (χ3v) is 3.40. The molecule has 7 heteroatoms. The van der Waals surface area contributed by atoms with Crippen molar-refractivity contribution in [2.24, 2.45) is 0 Å². The van der Waals surface area contributed by atoms with Crippen LogP contribution < -0.4 is 5.32 Å². The van der Waals surface area contributed by atoms with Crippen molar-refractivity contribution >= 4 is 28.7 Å². The van der Waals surface area contributed by atoms with E-state index in [9.17, 15) is 10.1 Å². The molecule has 20 heavy (non-hydrogen) atoms. The van der Waals surface area contributed by atoms with Crippen LogP contribution in [0.1, 0.15) is 13.8 Å². The first-order valence-electron chi connectivity index (χ1n) is 6.41. The van der Waals surface area contributed by atoms with Crippen LogP contribution in [-0.2, 0) is 4.74 Å². The van der Waals surface area contributed by atoms with Crippen molar-refractivity contribution in [3.05, 3.63) is 34.4 Å². The number of hydrogen-bond acceptors (Lipinski definition) is 4. The standard InChI is InChI=1S/C13H17N3O3S/c1-9-7-15(8-10(2)19-9)13(20)14-11-3-5-12(6-4-11)16(17)18/h3-6,9-10H,7-8H2,1-2H3,(H,14,20)/t9-,10+. The zero-order chi connectivity index (χ0) is 14.7. The molecule has 0 amide bonds. The second kappa shape index (κ2) is 6.15. The van der Waals surface area contributed by atoms with E-state index in [-0.39, 0.29) is 17.9 Å². The van der Waals surface area contributed by atoms with Gasteiger partial charge in [-0.15, -0.1) is 0 Å². The van der Waals surface area contributed by atoms with Crippen LogP contribution in [0.2, 0.25) is 0 Å². The van der Waals surface area contributed by atoms with Gasteiger partial charge >= 0.3 is 0 Å². The Morgan fingerprint density at radius 2 is 1.90 bits per heavy atom. The summed E-state index contributed by atoms with van der Waals surface area (Å²) in [6.07, 6.45) is 0.269. The number of nitro groups is 1. The zero-order valence-electron chi connectivity index (χ0n) is 11.4. The molecule has 1 aromatic carbocycles. The Kier molecular flexibility index (Phi) is 4.51. The lowest BCUT2D eigenvalue weighted by molar-refractivity contribution is -0.384. The second-order valence-electron chi connectivity index (χ2n) is 4.90. The van der Waals surface area contributed by atoms with Crippen LogP contribution in [-0.4, -0.2) is 40.2 Å². The summed E-state index contributed by atoms with van der Waals surface area (Å²) in [4.78, 5) is 12.2. The van der Waals surface area contributed by atoms with Crippen molar-refractivity contribution in [3.8, 4) is 0 Å². The van der Waals surface area contributed by atoms with Gasteiger partial charge in [0, 0.05) is 30.9 Å². The van der Waals surface area contributed by atoms with E-state index in [0.29, 0.717) is 5.11 Å². The van der Waals surface area contributed by atoms with Crippen LogP contribution in [0, 0.1) is 10.1 Å². The van der Waals surface area contributed by atoms with Crippen LogP contribution in [0.25, 0.3) is 0 Å². The Hall–Kier alpha value is -1.73. The highest BCUT2D eigenvalue weighted by atomic mass is 32.1. The molecular weight excluding hydrogens is 278 g/mol. The molecule has 1 aliphatic rings. The predicted octanol–water partition coefficient (Wildman–Crippen LogP) is 2.40. The minimum Gasteiger partial charge on any atom is -0.372 e. The quantitative estimate of drug-likeness (QED) is 0.513. The number of non-ortho nitro benzene ring substituents is 1. The third-order valence-electron chi connectivity index (χ3n) is 3.04. The molecule has 1 heterocycles. The lowest BCUT2D eigenvalue weighted by atomic mass is 10.2. The van der Waals surface area contributed by atoms with Gasteiger partial charge in [0.15, 0.2) is 5.11 Å². The minimum atomic E-state index is -0.423. The topological polar surface area (TPSA) is 67.6 Å². The summed E-state index contributed by atoms with van der Waals surface area (Å²) in [5, 5.41) is 14.3. The molecule has 0 aliphatic carbocycles. The van der Waals surface area contributed by atoms with Gasteiger partial charge < -0.3 is 15.0 Å². The van der Waals surface area contributed by atoms with Gasteiger partial charge in [-0.2, -0.15) is 0 Å². The highest BCUT2D eigenvalue weighted by molar-refractivity contribution is 7.80. The van der Waals surface area contributed by atoms with E-state index in [2.05, 4.69) is 10.2 Å². The summed E-state index contributed by atoms with van der Waals surface area (Å²) in [6, 6.07) is 6.21. The molecule has 0 saturated carbocycles. The normalized spacial score (nSPS) is 22.4. The highest BCUT2D eigenvalue weighted by Crippen LogP contribution is 2.17. The number of hydrogen-bond donors (Lipinski definition) is 1. The molecule has 0 unspecified atom stereocenters. The Bertz CT molecular complexity index is 496. The van der Waals surface area contributed by atoms with Crippen LogP contribution in [0.5, 0.6) is 0 Å². The van der Waals surface area contributed by atoms with E-state index in [1.165, 1.54) is 12.1 Å². The van der Waals surface area contributed by atoms with E-state index in [4.69, 9.17) is 17.0 Å². The van der Waals surface area contributed by atoms with E-state index in [0.717, 1.165) is 18.8 Å². The first-order chi connectivity index (χ1) is 9.45. The van der Waals surface area contributed by atoms with Crippen molar-refractivity contribution in [1.82, 2.24) is 4.90 Å². The molecule has 1 N–H and O–H groups in total. The largest absolute Gasteiger partial charge is 0.372 e. The number of anilines is 1. The molecule has 0 spiro atoms. The van der Waals surface area contributed by atoms with Gasteiger partial charge in [-0.25, -0.2) is 0 Å². The predicted molar refractivity (Wildman–Crippen MR) is 80.9 cm³/mol. The highest BCUT2D eigenvalue weighted by Gasteiger charge is 2.23. The molecular formula is C13H17N3O3S. The summed E-state index contributed by atoms with van der Waals surface area (Å²) in [7, 11) is 0. The van der Waals surface area contributed by atoms with E-state index in [1.807, 2.05) is 13.8 Å². The summed E-state index contributed by atoms with van der Waals surface area (Å²) in [5.74, 6) is 0. The smallest absolute Gasteiger partial charge is 0.269 e. The molecule has 1 aromatic rings. The Morgan fingerprint density at radius 1 is 1.35 bits per heavy atom. The third kappa shape index (κ3) is 3.64. The lowest BCUT2D eigenvalue weighted by Gasteiger charge is -2.36. The number of nitrogens with zero attached hydrogens (tertiary/aromatic N) is 2. The first-order valence-corrected chi connectivity index (χ1v) is 6.82. The number of benzene rings is 1. The average molecular weight is 295 g/mol. The minimum absolute atomic E-state index is 0.0649. The SMILES string of the molecule is C[C@@H]1CN(C(=S)Nc2ccc([N+](=O)[O-])cc2)C[C@H](C)O1. The van der Waals surface area contributed by atoms with Gasteiger partial charge in [0.25, 0.3) is 5.69 Å².